The third-order valence-electron chi connectivity index (χ3n) is 1.64. The zero-order valence-electron chi connectivity index (χ0n) is 5.60. The van der Waals surface area contributed by atoms with Crippen molar-refractivity contribution < 1.29 is 15.3 Å². The molecule has 0 aromatic rings. The Morgan fingerprint density at radius 2 is 1.80 bits per heavy atom. The average molecular weight is 164 g/mol. The molecule has 0 aromatic carbocycles. The van der Waals surface area contributed by atoms with Crippen LogP contribution >= 0.6 is 11.8 Å². The summed E-state index contributed by atoms with van der Waals surface area (Å²) in [5.41, 5.74) is 0. The van der Waals surface area contributed by atoms with E-state index in [4.69, 9.17) is 15.3 Å². The van der Waals surface area contributed by atoms with Crippen molar-refractivity contribution in [3.05, 3.63) is 0 Å². The SMILES string of the molecule is OC1CCSCC(O)C1O. The summed E-state index contributed by atoms with van der Waals surface area (Å²) < 4.78 is 0. The van der Waals surface area contributed by atoms with E-state index in [0.29, 0.717) is 12.2 Å². The Morgan fingerprint density at radius 3 is 2.50 bits per heavy atom. The molecule has 60 valence electrons. The first-order valence-electron chi connectivity index (χ1n) is 3.34. The first kappa shape index (κ1) is 8.33. The molecule has 1 heterocycles. The molecule has 1 saturated heterocycles. The zero-order valence-corrected chi connectivity index (χ0v) is 6.42. The van der Waals surface area contributed by atoms with Crippen LogP contribution in [0.25, 0.3) is 0 Å². The van der Waals surface area contributed by atoms with Crippen molar-refractivity contribution in [1.82, 2.24) is 0 Å². The van der Waals surface area contributed by atoms with Crippen molar-refractivity contribution in [3.63, 3.8) is 0 Å². The van der Waals surface area contributed by atoms with E-state index < -0.39 is 18.3 Å². The molecule has 0 aliphatic carbocycles. The Labute approximate surface area is 64.1 Å². The van der Waals surface area contributed by atoms with Crippen LogP contribution in [0.3, 0.4) is 0 Å². The predicted octanol–water partition coefficient (Wildman–Crippen LogP) is -0.794. The van der Waals surface area contributed by atoms with E-state index in [0.717, 1.165) is 5.75 Å². The molecule has 4 heteroatoms. The van der Waals surface area contributed by atoms with Crippen LogP contribution < -0.4 is 0 Å². The lowest BCUT2D eigenvalue weighted by atomic mass is 10.1. The van der Waals surface area contributed by atoms with Crippen molar-refractivity contribution in [1.29, 1.82) is 0 Å². The van der Waals surface area contributed by atoms with E-state index in [9.17, 15) is 0 Å². The topological polar surface area (TPSA) is 60.7 Å². The molecular formula is C6H12O3S. The highest BCUT2D eigenvalue weighted by Gasteiger charge is 2.26. The Bertz CT molecular complexity index is 97.2. The van der Waals surface area contributed by atoms with Crippen molar-refractivity contribution in [2.75, 3.05) is 11.5 Å². The number of hydrogen-bond acceptors (Lipinski definition) is 4. The second kappa shape index (κ2) is 3.57. The monoisotopic (exact) mass is 164 g/mol. The van der Waals surface area contributed by atoms with Crippen LogP contribution in [0, 0.1) is 0 Å². The van der Waals surface area contributed by atoms with Gasteiger partial charge in [0, 0.05) is 5.75 Å². The number of hydrogen-bond donors (Lipinski definition) is 3. The van der Waals surface area contributed by atoms with Gasteiger partial charge in [-0.05, 0) is 12.2 Å². The minimum Gasteiger partial charge on any atom is -0.390 e. The van der Waals surface area contributed by atoms with Crippen molar-refractivity contribution in [2.45, 2.75) is 24.7 Å². The number of thioether (sulfide) groups is 1. The second-order valence-electron chi connectivity index (χ2n) is 2.49. The Kier molecular flexibility index (Phi) is 2.97. The predicted molar refractivity (Wildman–Crippen MR) is 40.0 cm³/mol. The first-order chi connectivity index (χ1) is 4.72. The van der Waals surface area contributed by atoms with Gasteiger partial charge in [0.25, 0.3) is 0 Å². The van der Waals surface area contributed by atoms with Gasteiger partial charge in [-0.2, -0.15) is 11.8 Å². The third-order valence-corrected chi connectivity index (χ3v) is 2.74. The molecule has 1 aliphatic rings. The van der Waals surface area contributed by atoms with Crippen LogP contribution in [-0.4, -0.2) is 45.1 Å². The van der Waals surface area contributed by atoms with Crippen molar-refractivity contribution >= 4 is 11.8 Å². The summed E-state index contributed by atoms with van der Waals surface area (Å²) in [6, 6.07) is 0. The normalized spacial score (nSPS) is 42.9. The first-order valence-corrected chi connectivity index (χ1v) is 4.49. The fraction of sp³-hybridized carbons (Fsp3) is 1.00. The van der Waals surface area contributed by atoms with Crippen LogP contribution in [0.5, 0.6) is 0 Å². The molecule has 0 bridgehead atoms. The maximum absolute atomic E-state index is 9.11. The Balaban J connectivity index is 2.46. The van der Waals surface area contributed by atoms with Gasteiger partial charge in [0.05, 0.1) is 12.2 Å². The van der Waals surface area contributed by atoms with E-state index in [1.165, 1.54) is 0 Å². The van der Waals surface area contributed by atoms with Gasteiger partial charge in [0.2, 0.25) is 0 Å². The van der Waals surface area contributed by atoms with E-state index >= 15 is 0 Å². The van der Waals surface area contributed by atoms with Crippen molar-refractivity contribution in [2.24, 2.45) is 0 Å². The maximum atomic E-state index is 9.11. The average Bonchev–Trinajstić information content (AvgIpc) is 2.04. The molecule has 0 radical (unpaired) electrons. The highest BCUT2D eigenvalue weighted by atomic mass is 32.2. The van der Waals surface area contributed by atoms with Crippen LogP contribution in [0.4, 0.5) is 0 Å². The highest BCUT2D eigenvalue weighted by molar-refractivity contribution is 7.99. The molecule has 3 atom stereocenters. The van der Waals surface area contributed by atoms with Gasteiger partial charge in [0.1, 0.15) is 6.10 Å². The van der Waals surface area contributed by atoms with Gasteiger partial charge >= 0.3 is 0 Å². The van der Waals surface area contributed by atoms with Gasteiger partial charge in [-0.3, -0.25) is 0 Å². The molecule has 0 aromatic heterocycles. The quantitative estimate of drug-likeness (QED) is 0.439. The lowest BCUT2D eigenvalue weighted by molar-refractivity contribution is -0.0482. The highest BCUT2D eigenvalue weighted by Crippen LogP contribution is 2.17. The smallest absolute Gasteiger partial charge is 0.107 e. The molecule has 3 unspecified atom stereocenters. The lowest BCUT2D eigenvalue weighted by Crippen LogP contribution is -2.37. The molecule has 1 rings (SSSR count). The van der Waals surface area contributed by atoms with Crippen LogP contribution in [-0.2, 0) is 0 Å². The fourth-order valence-corrected chi connectivity index (χ4v) is 1.95. The zero-order chi connectivity index (χ0) is 7.56. The molecule has 1 fully saturated rings. The molecule has 1 aliphatic heterocycles. The number of aliphatic hydroxyl groups excluding tert-OH is 3. The number of aliphatic hydroxyl groups is 3. The summed E-state index contributed by atoms with van der Waals surface area (Å²) >= 11 is 1.56. The minimum atomic E-state index is -0.949. The molecule has 0 saturated carbocycles. The van der Waals surface area contributed by atoms with Crippen LogP contribution in [0.15, 0.2) is 0 Å². The summed E-state index contributed by atoms with van der Waals surface area (Å²) in [6.45, 7) is 0. The van der Waals surface area contributed by atoms with Gasteiger partial charge in [-0.15, -0.1) is 0 Å². The summed E-state index contributed by atoms with van der Waals surface area (Å²) in [6.07, 6.45) is -1.88. The molecular weight excluding hydrogens is 152 g/mol. The van der Waals surface area contributed by atoms with Crippen LogP contribution in [0.2, 0.25) is 0 Å². The number of rotatable bonds is 0. The summed E-state index contributed by atoms with van der Waals surface area (Å²) in [7, 11) is 0. The Morgan fingerprint density at radius 1 is 1.10 bits per heavy atom. The van der Waals surface area contributed by atoms with Gasteiger partial charge in [-0.1, -0.05) is 0 Å². The summed E-state index contributed by atoms with van der Waals surface area (Å²) in [4.78, 5) is 0. The van der Waals surface area contributed by atoms with Crippen molar-refractivity contribution in [3.8, 4) is 0 Å². The molecule has 3 N–H and O–H groups in total. The summed E-state index contributed by atoms with van der Waals surface area (Å²) in [5, 5.41) is 27.3. The Hall–Kier alpha value is 0.230. The second-order valence-corrected chi connectivity index (χ2v) is 3.64. The van der Waals surface area contributed by atoms with Gasteiger partial charge in [-0.25, -0.2) is 0 Å². The maximum Gasteiger partial charge on any atom is 0.107 e. The third kappa shape index (κ3) is 1.85. The molecule has 0 spiro atoms. The van der Waals surface area contributed by atoms with Gasteiger partial charge in [0.15, 0.2) is 0 Å². The van der Waals surface area contributed by atoms with Crippen LogP contribution in [0.1, 0.15) is 6.42 Å². The molecule has 3 nitrogen and oxygen atoms in total. The fourth-order valence-electron chi connectivity index (χ4n) is 0.934. The standard InChI is InChI=1S/C6H12O3S/c7-4-1-2-10-3-5(8)6(4)9/h4-9H,1-3H2. The lowest BCUT2D eigenvalue weighted by Gasteiger charge is -2.17. The van der Waals surface area contributed by atoms with E-state index in [-0.39, 0.29) is 0 Å². The van der Waals surface area contributed by atoms with E-state index in [2.05, 4.69) is 0 Å². The largest absolute Gasteiger partial charge is 0.390 e. The minimum absolute atomic E-state index is 0.526. The summed E-state index contributed by atoms with van der Waals surface area (Å²) in [5.74, 6) is 1.34. The molecule has 0 amide bonds. The van der Waals surface area contributed by atoms with E-state index in [1.807, 2.05) is 0 Å². The van der Waals surface area contributed by atoms with Gasteiger partial charge < -0.3 is 15.3 Å². The molecule has 10 heavy (non-hydrogen) atoms. The van der Waals surface area contributed by atoms with E-state index in [1.54, 1.807) is 11.8 Å².